The summed E-state index contributed by atoms with van der Waals surface area (Å²) in [5, 5.41) is 5.44. The molecule has 0 radical (unpaired) electrons. The first-order valence-corrected chi connectivity index (χ1v) is 14.7. The van der Waals surface area contributed by atoms with Crippen LogP contribution in [0, 0.1) is 13.8 Å². The highest BCUT2D eigenvalue weighted by atomic mass is 32.2. The second-order valence-corrected chi connectivity index (χ2v) is 11.8. The fourth-order valence-electron chi connectivity index (χ4n) is 3.85. The summed E-state index contributed by atoms with van der Waals surface area (Å²) in [5.74, 6) is 0.0630. The van der Waals surface area contributed by atoms with Crippen LogP contribution in [0.2, 0.25) is 0 Å². The molecule has 0 spiro atoms. The van der Waals surface area contributed by atoms with E-state index >= 15 is 0 Å². The molecule has 208 valence electrons. The smallest absolute Gasteiger partial charge is 0.295 e. The lowest BCUT2D eigenvalue weighted by Crippen LogP contribution is -2.13. The average Bonchev–Trinajstić information content (AvgIpc) is 2.89. The number of nitrogens with one attached hydrogen (secondary N) is 2. The second-order valence-electron chi connectivity index (χ2n) is 8.97. The van der Waals surface area contributed by atoms with E-state index in [-0.39, 0.29) is 29.2 Å². The zero-order chi connectivity index (χ0) is 29.1. The first-order valence-electron chi connectivity index (χ1n) is 11.9. The Morgan fingerprint density at radius 1 is 0.700 bits per heavy atom. The molecule has 0 bridgehead atoms. The number of ether oxygens (including phenoxy) is 1. The second kappa shape index (κ2) is 11.5. The number of rotatable bonds is 9. The Hall–Kier alpha value is -4.23. The number of amides is 1. The fraction of sp³-hybridized carbons (Fsp3) is 0.107. The summed E-state index contributed by atoms with van der Waals surface area (Å²) in [4.78, 5) is 11.3. The third kappa shape index (κ3) is 7.04. The molecule has 1 amide bonds. The summed E-state index contributed by atoms with van der Waals surface area (Å²) in [7, 11) is -9.74. The number of hydrogen-bond donors (Lipinski definition) is 4. The Bertz CT molecular complexity index is 1770. The summed E-state index contributed by atoms with van der Waals surface area (Å²) >= 11 is 0. The molecule has 0 fully saturated rings. The van der Waals surface area contributed by atoms with Crippen LogP contribution in [-0.4, -0.2) is 38.6 Å². The van der Waals surface area contributed by atoms with E-state index < -0.39 is 35.9 Å². The Labute approximate surface area is 232 Å². The lowest BCUT2D eigenvalue weighted by atomic mass is 10.0. The minimum absolute atomic E-state index is 0.0288. The Morgan fingerprint density at radius 3 is 1.70 bits per heavy atom. The highest BCUT2D eigenvalue weighted by molar-refractivity contribution is 7.86. The van der Waals surface area contributed by atoms with Crippen LogP contribution in [0.3, 0.4) is 0 Å². The minimum Gasteiger partial charge on any atom is -0.473 e. The van der Waals surface area contributed by atoms with Crippen molar-refractivity contribution in [1.82, 2.24) is 0 Å². The van der Waals surface area contributed by atoms with Gasteiger partial charge in [-0.05, 0) is 62.4 Å². The molecule has 40 heavy (non-hydrogen) atoms. The van der Waals surface area contributed by atoms with Crippen LogP contribution in [0.5, 0.6) is 5.75 Å². The third-order valence-electron chi connectivity index (χ3n) is 5.92. The van der Waals surface area contributed by atoms with Gasteiger partial charge in [-0.3, -0.25) is 13.9 Å². The molecule has 0 aliphatic rings. The van der Waals surface area contributed by atoms with Gasteiger partial charge in [0.15, 0.2) is 6.73 Å². The molecular weight excluding hydrogens is 556 g/mol. The standard InChI is InChI=1S/C28H26N2O8S2/c1-18-3-7-20(8-4-18)28(31)30-22-10-14-25(27(16-22)40(35,36)37)24-13-9-21(15-26(24)39(32,33)34)29-17-38-23-11-5-19(2)6-12-23/h3-16,29H,17H2,1-2H3,(H,30,31)(H,32,33,34)(H,35,36,37). The molecule has 4 aromatic carbocycles. The summed E-state index contributed by atoms with van der Waals surface area (Å²) in [6, 6.07) is 21.4. The minimum atomic E-state index is -4.89. The van der Waals surface area contributed by atoms with Gasteiger partial charge in [-0.15, -0.1) is 0 Å². The van der Waals surface area contributed by atoms with Crippen LogP contribution in [-0.2, 0) is 20.2 Å². The van der Waals surface area contributed by atoms with Crippen molar-refractivity contribution in [1.29, 1.82) is 0 Å². The maximum absolute atomic E-state index is 12.6. The van der Waals surface area contributed by atoms with Gasteiger partial charge in [0.2, 0.25) is 0 Å². The number of hydrogen-bond acceptors (Lipinski definition) is 7. The number of aryl methyl sites for hydroxylation is 2. The van der Waals surface area contributed by atoms with Gasteiger partial charge in [0.1, 0.15) is 15.5 Å². The van der Waals surface area contributed by atoms with E-state index in [2.05, 4.69) is 10.6 Å². The zero-order valence-electron chi connectivity index (χ0n) is 21.5. The largest absolute Gasteiger partial charge is 0.473 e. The molecule has 4 N–H and O–H groups in total. The van der Waals surface area contributed by atoms with Crippen molar-refractivity contribution in [3.8, 4) is 16.9 Å². The van der Waals surface area contributed by atoms with Crippen LogP contribution < -0.4 is 15.4 Å². The predicted molar refractivity (Wildman–Crippen MR) is 151 cm³/mol. The zero-order valence-corrected chi connectivity index (χ0v) is 23.1. The summed E-state index contributed by atoms with van der Waals surface area (Å²) in [5.41, 5.74) is 2.25. The van der Waals surface area contributed by atoms with Gasteiger partial charge in [-0.25, -0.2) is 0 Å². The lowest BCUT2D eigenvalue weighted by Gasteiger charge is -2.15. The van der Waals surface area contributed by atoms with E-state index in [4.69, 9.17) is 4.74 Å². The van der Waals surface area contributed by atoms with Crippen LogP contribution >= 0.6 is 0 Å². The first-order chi connectivity index (χ1) is 18.8. The van der Waals surface area contributed by atoms with E-state index in [1.54, 1.807) is 36.4 Å². The highest BCUT2D eigenvalue weighted by Crippen LogP contribution is 2.36. The van der Waals surface area contributed by atoms with E-state index in [0.717, 1.165) is 23.3 Å². The maximum Gasteiger partial charge on any atom is 0.295 e. The molecule has 10 nitrogen and oxygen atoms in total. The van der Waals surface area contributed by atoms with Crippen molar-refractivity contribution in [2.24, 2.45) is 0 Å². The molecule has 4 aromatic rings. The molecule has 0 saturated carbocycles. The normalized spacial score (nSPS) is 11.6. The molecule has 0 aliphatic carbocycles. The van der Waals surface area contributed by atoms with Gasteiger partial charge in [0, 0.05) is 28.1 Å². The van der Waals surface area contributed by atoms with Crippen molar-refractivity contribution in [2.45, 2.75) is 23.6 Å². The third-order valence-corrected chi connectivity index (χ3v) is 7.70. The van der Waals surface area contributed by atoms with Gasteiger partial charge in [-0.1, -0.05) is 47.5 Å². The van der Waals surface area contributed by atoms with Gasteiger partial charge in [-0.2, -0.15) is 16.8 Å². The quantitative estimate of drug-likeness (QED) is 0.154. The maximum atomic E-state index is 12.6. The number of carbonyl (C=O) groups is 1. The van der Waals surface area contributed by atoms with E-state index in [0.29, 0.717) is 11.3 Å². The fourth-order valence-corrected chi connectivity index (χ4v) is 5.31. The van der Waals surface area contributed by atoms with Crippen molar-refractivity contribution in [2.75, 3.05) is 17.4 Å². The number of benzene rings is 4. The Morgan fingerprint density at radius 2 is 1.18 bits per heavy atom. The molecule has 12 heteroatoms. The van der Waals surface area contributed by atoms with Crippen LogP contribution in [0.4, 0.5) is 11.4 Å². The summed E-state index contributed by atoms with van der Waals surface area (Å²) < 4.78 is 74.6. The molecule has 0 unspecified atom stereocenters. The lowest BCUT2D eigenvalue weighted by molar-refractivity contribution is 0.102. The Kier molecular flexibility index (Phi) is 8.26. The average molecular weight is 583 g/mol. The molecule has 0 saturated heterocycles. The molecule has 0 aromatic heterocycles. The van der Waals surface area contributed by atoms with Crippen molar-refractivity contribution >= 4 is 37.5 Å². The first kappa shape index (κ1) is 28.8. The van der Waals surface area contributed by atoms with E-state index in [1.807, 2.05) is 26.0 Å². The van der Waals surface area contributed by atoms with Crippen molar-refractivity contribution in [3.63, 3.8) is 0 Å². The number of anilines is 2. The van der Waals surface area contributed by atoms with Crippen molar-refractivity contribution in [3.05, 3.63) is 102 Å². The van der Waals surface area contributed by atoms with Gasteiger partial charge < -0.3 is 15.4 Å². The SMILES string of the molecule is Cc1ccc(OCNc2ccc(-c3ccc(NC(=O)c4ccc(C)cc4)cc3S(=O)(=O)O)c(S(=O)(=O)O)c2)cc1. The molecule has 0 aliphatic heterocycles. The molecular formula is C28H26N2O8S2. The predicted octanol–water partition coefficient (Wildman–Crippen LogP) is 5.16. The van der Waals surface area contributed by atoms with Gasteiger partial charge in [0.05, 0.1) is 0 Å². The summed E-state index contributed by atoms with van der Waals surface area (Å²) in [6.45, 7) is 3.77. The monoisotopic (exact) mass is 582 g/mol. The summed E-state index contributed by atoms with van der Waals surface area (Å²) in [6.07, 6.45) is 0. The van der Waals surface area contributed by atoms with E-state index in [9.17, 15) is 30.7 Å². The van der Waals surface area contributed by atoms with Gasteiger partial charge in [0.25, 0.3) is 26.1 Å². The molecule has 0 heterocycles. The molecule has 0 atom stereocenters. The number of carbonyl (C=O) groups excluding carboxylic acids is 1. The highest BCUT2D eigenvalue weighted by Gasteiger charge is 2.24. The topological polar surface area (TPSA) is 159 Å². The van der Waals surface area contributed by atoms with Gasteiger partial charge >= 0.3 is 0 Å². The van der Waals surface area contributed by atoms with Crippen molar-refractivity contribution < 1.29 is 35.5 Å². The van der Waals surface area contributed by atoms with Crippen LogP contribution in [0.25, 0.3) is 11.1 Å². The van der Waals surface area contributed by atoms with Crippen LogP contribution in [0.15, 0.2) is 94.7 Å². The van der Waals surface area contributed by atoms with E-state index in [1.165, 1.54) is 24.3 Å². The van der Waals surface area contributed by atoms with Crippen LogP contribution in [0.1, 0.15) is 21.5 Å². The molecule has 4 rings (SSSR count). The Balaban J connectivity index is 1.65.